The number of carbonyl (C=O) groups is 1. The highest BCUT2D eigenvalue weighted by molar-refractivity contribution is 5.93. The molecule has 2 aromatic carbocycles. The number of H-pyrrole nitrogens is 1. The Kier molecular flexibility index (Phi) is 4.63. The largest absolute Gasteiger partial charge is 0.388 e. The molecule has 1 aromatic heterocycles. The molecule has 4 rings (SSSR count). The summed E-state index contributed by atoms with van der Waals surface area (Å²) in [6, 6.07) is 17.4. The van der Waals surface area contributed by atoms with Crippen molar-refractivity contribution in [3.05, 3.63) is 66.4 Å². The van der Waals surface area contributed by atoms with E-state index < -0.39 is 6.10 Å². The summed E-state index contributed by atoms with van der Waals surface area (Å²) in [5, 5.41) is 14.6. The molecule has 0 radical (unpaired) electrons. The van der Waals surface area contributed by atoms with Crippen molar-refractivity contribution in [3.8, 4) is 0 Å². The molecule has 2 unspecified atom stereocenters. The van der Waals surface area contributed by atoms with Crippen LogP contribution in [-0.2, 0) is 0 Å². The lowest BCUT2D eigenvalue weighted by molar-refractivity contribution is 0.130. The Hall–Kier alpha value is -2.79. The molecule has 1 aliphatic rings. The maximum Gasteiger partial charge on any atom is 0.322 e. The first kappa shape index (κ1) is 16.7. The number of hydrogen-bond acceptors (Lipinski definition) is 2. The maximum absolute atomic E-state index is 12.7. The molecule has 1 saturated heterocycles. The normalized spacial score (nSPS) is 18.2. The summed E-state index contributed by atoms with van der Waals surface area (Å²) in [6.45, 7) is 0.727. The topological polar surface area (TPSA) is 68.4 Å². The molecule has 1 fully saturated rings. The van der Waals surface area contributed by atoms with Crippen molar-refractivity contribution in [2.24, 2.45) is 0 Å². The van der Waals surface area contributed by atoms with Gasteiger partial charge in [0.2, 0.25) is 0 Å². The molecule has 5 nitrogen and oxygen atoms in total. The highest BCUT2D eigenvalue weighted by Gasteiger charge is 2.30. The number of aromatic nitrogens is 1. The lowest BCUT2D eigenvalue weighted by Crippen LogP contribution is -2.39. The third-order valence-corrected chi connectivity index (χ3v) is 5.12. The number of carbonyl (C=O) groups excluding carboxylic acids is 1. The quantitative estimate of drug-likeness (QED) is 0.658. The zero-order valence-corrected chi connectivity index (χ0v) is 14.6. The molecule has 134 valence electrons. The summed E-state index contributed by atoms with van der Waals surface area (Å²) in [4.78, 5) is 17.7. The van der Waals surface area contributed by atoms with Crippen LogP contribution in [0, 0.1) is 0 Å². The maximum atomic E-state index is 12.7. The number of nitrogens with zero attached hydrogens (tertiary/aromatic N) is 1. The number of urea groups is 1. The van der Waals surface area contributed by atoms with Crippen LogP contribution in [0.15, 0.2) is 60.8 Å². The van der Waals surface area contributed by atoms with Gasteiger partial charge in [0.1, 0.15) is 0 Å². The number of anilines is 1. The van der Waals surface area contributed by atoms with Crippen LogP contribution < -0.4 is 5.32 Å². The molecular weight excluding hydrogens is 326 g/mol. The minimum absolute atomic E-state index is 0.0567. The molecular formula is C21H23N3O2. The second-order valence-corrected chi connectivity index (χ2v) is 6.86. The van der Waals surface area contributed by atoms with E-state index in [-0.39, 0.29) is 12.1 Å². The fourth-order valence-corrected chi connectivity index (χ4v) is 3.74. The SMILES string of the molecule is O=C(Nc1ccc2[nH]ccc2c1)N1CCCC1CC(O)c1ccccc1. The first-order valence-electron chi connectivity index (χ1n) is 9.08. The number of aromatic amines is 1. The summed E-state index contributed by atoms with van der Waals surface area (Å²) in [5.74, 6) is 0. The van der Waals surface area contributed by atoms with E-state index in [0.717, 1.165) is 41.5 Å². The standard InChI is InChI=1S/C21H23N3O2/c25-20(15-5-2-1-3-6-15)14-18-7-4-12-24(18)21(26)23-17-8-9-19-16(13-17)10-11-22-19/h1-3,5-6,8-11,13,18,20,22,25H,4,7,12,14H2,(H,23,26). The Labute approximate surface area is 152 Å². The number of aliphatic hydroxyl groups is 1. The Bertz CT molecular complexity index is 890. The average molecular weight is 349 g/mol. The Balaban J connectivity index is 1.42. The van der Waals surface area contributed by atoms with Gasteiger partial charge < -0.3 is 20.3 Å². The van der Waals surface area contributed by atoms with E-state index in [0.29, 0.717) is 6.42 Å². The average Bonchev–Trinajstić information content (AvgIpc) is 3.31. The van der Waals surface area contributed by atoms with Gasteiger partial charge in [0.15, 0.2) is 0 Å². The number of likely N-dealkylation sites (tertiary alicyclic amines) is 1. The summed E-state index contributed by atoms with van der Waals surface area (Å²) in [5.41, 5.74) is 2.74. The van der Waals surface area contributed by atoms with E-state index in [2.05, 4.69) is 10.3 Å². The molecule has 2 atom stereocenters. The Morgan fingerprint density at radius 1 is 1.23 bits per heavy atom. The molecule has 0 bridgehead atoms. The van der Waals surface area contributed by atoms with E-state index >= 15 is 0 Å². The molecule has 0 aliphatic carbocycles. The van der Waals surface area contributed by atoms with Gasteiger partial charge in [-0.25, -0.2) is 4.79 Å². The van der Waals surface area contributed by atoms with Gasteiger partial charge >= 0.3 is 6.03 Å². The highest BCUT2D eigenvalue weighted by atomic mass is 16.3. The molecule has 2 heterocycles. The first-order valence-corrected chi connectivity index (χ1v) is 9.08. The van der Waals surface area contributed by atoms with Crippen LogP contribution in [0.2, 0.25) is 0 Å². The minimum Gasteiger partial charge on any atom is -0.388 e. The number of fused-ring (bicyclic) bond motifs is 1. The molecule has 1 aliphatic heterocycles. The predicted molar refractivity (Wildman–Crippen MR) is 103 cm³/mol. The van der Waals surface area contributed by atoms with Gasteiger partial charge in [-0.05, 0) is 49.1 Å². The van der Waals surface area contributed by atoms with E-state index in [1.54, 1.807) is 0 Å². The van der Waals surface area contributed by atoms with E-state index in [1.165, 1.54) is 0 Å². The van der Waals surface area contributed by atoms with Crippen LogP contribution in [0.25, 0.3) is 10.9 Å². The Morgan fingerprint density at radius 2 is 2.08 bits per heavy atom. The monoisotopic (exact) mass is 349 g/mol. The van der Waals surface area contributed by atoms with Crippen LogP contribution in [0.4, 0.5) is 10.5 Å². The fourth-order valence-electron chi connectivity index (χ4n) is 3.74. The van der Waals surface area contributed by atoms with E-state index in [1.807, 2.05) is 65.7 Å². The summed E-state index contributed by atoms with van der Waals surface area (Å²) in [7, 11) is 0. The molecule has 26 heavy (non-hydrogen) atoms. The zero-order valence-electron chi connectivity index (χ0n) is 14.6. The molecule has 5 heteroatoms. The van der Waals surface area contributed by atoms with Gasteiger partial charge in [0, 0.05) is 35.4 Å². The van der Waals surface area contributed by atoms with Crippen LogP contribution in [0.1, 0.15) is 30.9 Å². The first-order chi connectivity index (χ1) is 12.7. The molecule has 0 saturated carbocycles. The fraction of sp³-hybridized carbons (Fsp3) is 0.286. The zero-order chi connectivity index (χ0) is 17.9. The number of benzene rings is 2. The number of amides is 2. The number of hydrogen-bond donors (Lipinski definition) is 3. The number of nitrogens with one attached hydrogen (secondary N) is 2. The summed E-state index contributed by atoms with van der Waals surface area (Å²) in [6.07, 6.45) is 3.79. The van der Waals surface area contributed by atoms with Crippen molar-refractivity contribution in [2.75, 3.05) is 11.9 Å². The lowest BCUT2D eigenvalue weighted by atomic mass is 10.0. The van der Waals surface area contributed by atoms with Crippen molar-refractivity contribution in [1.82, 2.24) is 9.88 Å². The van der Waals surface area contributed by atoms with Crippen LogP contribution >= 0.6 is 0 Å². The smallest absolute Gasteiger partial charge is 0.322 e. The van der Waals surface area contributed by atoms with Gasteiger partial charge in [0.05, 0.1) is 6.10 Å². The van der Waals surface area contributed by atoms with Gasteiger partial charge in [-0.15, -0.1) is 0 Å². The van der Waals surface area contributed by atoms with Crippen molar-refractivity contribution in [1.29, 1.82) is 0 Å². The van der Waals surface area contributed by atoms with E-state index in [9.17, 15) is 9.90 Å². The van der Waals surface area contributed by atoms with Crippen molar-refractivity contribution in [2.45, 2.75) is 31.4 Å². The Morgan fingerprint density at radius 3 is 2.92 bits per heavy atom. The van der Waals surface area contributed by atoms with Gasteiger partial charge in [-0.1, -0.05) is 30.3 Å². The summed E-state index contributed by atoms with van der Waals surface area (Å²) >= 11 is 0. The number of rotatable bonds is 4. The summed E-state index contributed by atoms with van der Waals surface area (Å²) < 4.78 is 0. The van der Waals surface area contributed by atoms with Gasteiger partial charge in [-0.2, -0.15) is 0 Å². The highest BCUT2D eigenvalue weighted by Crippen LogP contribution is 2.28. The van der Waals surface area contributed by atoms with Gasteiger partial charge in [-0.3, -0.25) is 0 Å². The predicted octanol–water partition coefficient (Wildman–Crippen LogP) is 4.29. The van der Waals surface area contributed by atoms with Gasteiger partial charge in [0.25, 0.3) is 0 Å². The van der Waals surface area contributed by atoms with Crippen molar-refractivity contribution >= 4 is 22.6 Å². The molecule has 3 N–H and O–H groups in total. The minimum atomic E-state index is -0.550. The van der Waals surface area contributed by atoms with Crippen LogP contribution in [0.5, 0.6) is 0 Å². The second-order valence-electron chi connectivity index (χ2n) is 6.86. The third-order valence-electron chi connectivity index (χ3n) is 5.12. The number of aliphatic hydroxyl groups excluding tert-OH is 1. The molecule has 3 aromatic rings. The van der Waals surface area contributed by atoms with E-state index in [4.69, 9.17) is 0 Å². The second kappa shape index (κ2) is 7.22. The van der Waals surface area contributed by atoms with Crippen LogP contribution in [-0.4, -0.2) is 33.6 Å². The molecule has 0 spiro atoms. The van der Waals surface area contributed by atoms with Crippen molar-refractivity contribution in [3.63, 3.8) is 0 Å². The van der Waals surface area contributed by atoms with Crippen LogP contribution in [0.3, 0.4) is 0 Å². The lowest BCUT2D eigenvalue weighted by Gasteiger charge is -2.27. The molecule has 2 amide bonds. The van der Waals surface area contributed by atoms with Crippen molar-refractivity contribution < 1.29 is 9.90 Å². The third kappa shape index (κ3) is 3.44.